The Kier molecular flexibility index (Phi) is 7.95. The molecule has 0 radical (unpaired) electrons. The molecule has 0 heterocycles. The molecule has 6 nitrogen and oxygen atoms in total. The van der Waals surface area contributed by atoms with E-state index in [0.29, 0.717) is 5.69 Å². The van der Waals surface area contributed by atoms with E-state index < -0.39 is 17.9 Å². The highest BCUT2D eigenvalue weighted by Crippen LogP contribution is 2.20. The lowest BCUT2D eigenvalue weighted by Gasteiger charge is -2.28. The first kappa shape index (κ1) is 19.7. The van der Waals surface area contributed by atoms with Crippen molar-refractivity contribution in [1.82, 2.24) is 0 Å². The highest BCUT2D eigenvalue weighted by Gasteiger charge is 2.34. The summed E-state index contributed by atoms with van der Waals surface area (Å²) >= 11 is 0. The Bertz CT molecular complexity index is 538. The second-order valence-corrected chi connectivity index (χ2v) is 5.45. The van der Waals surface area contributed by atoms with Gasteiger partial charge in [0.1, 0.15) is 0 Å². The van der Waals surface area contributed by atoms with E-state index in [1.165, 1.54) is 0 Å². The van der Waals surface area contributed by atoms with E-state index in [1.54, 1.807) is 18.7 Å². The minimum absolute atomic E-state index is 0.120. The average Bonchev–Trinajstić information content (AvgIpc) is 2.53. The van der Waals surface area contributed by atoms with E-state index in [-0.39, 0.29) is 31.6 Å². The third-order valence-electron chi connectivity index (χ3n) is 3.34. The van der Waals surface area contributed by atoms with Crippen LogP contribution in [0.25, 0.3) is 0 Å². The minimum Gasteiger partial charge on any atom is -0.465 e. The molecule has 0 aliphatic heterocycles. The highest BCUT2D eigenvalue weighted by atomic mass is 16.6. The lowest BCUT2D eigenvalue weighted by molar-refractivity contribution is -0.163. The Morgan fingerprint density at radius 1 is 0.958 bits per heavy atom. The van der Waals surface area contributed by atoms with Crippen molar-refractivity contribution in [2.45, 2.75) is 40.2 Å². The molecular weight excluding hydrogens is 310 g/mol. The number of carbonyl (C=O) groups is 3. The SMILES string of the molecule is CCOC(=O)C(CC(=O)N(c1ccccc1)C(C)C)C(=O)OCC. The van der Waals surface area contributed by atoms with Crippen molar-refractivity contribution in [3.8, 4) is 0 Å². The number of rotatable bonds is 8. The number of nitrogens with zero attached hydrogens (tertiary/aromatic N) is 1. The minimum atomic E-state index is -1.25. The van der Waals surface area contributed by atoms with Gasteiger partial charge < -0.3 is 14.4 Å². The molecule has 0 aromatic heterocycles. The number of carbonyl (C=O) groups excluding carboxylic acids is 3. The predicted molar refractivity (Wildman–Crippen MR) is 90.4 cm³/mol. The van der Waals surface area contributed by atoms with Gasteiger partial charge in [0.25, 0.3) is 0 Å². The maximum absolute atomic E-state index is 12.7. The number of esters is 2. The van der Waals surface area contributed by atoms with Crippen LogP contribution in [0.4, 0.5) is 5.69 Å². The molecule has 1 rings (SSSR count). The molecule has 6 heteroatoms. The molecule has 132 valence electrons. The fraction of sp³-hybridized carbons (Fsp3) is 0.500. The molecule has 0 atom stereocenters. The number of amides is 1. The maximum atomic E-state index is 12.7. The Labute approximate surface area is 142 Å². The number of anilines is 1. The summed E-state index contributed by atoms with van der Waals surface area (Å²) in [4.78, 5) is 38.3. The van der Waals surface area contributed by atoms with E-state index in [0.717, 1.165) is 0 Å². The number of para-hydroxylation sites is 1. The molecule has 1 aromatic carbocycles. The van der Waals surface area contributed by atoms with Crippen LogP contribution in [-0.2, 0) is 23.9 Å². The van der Waals surface area contributed by atoms with Crippen molar-refractivity contribution >= 4 is 23.5 Å². The molecule has 0 saturated carbocycles. The predicted octanol–water partition coefficient (Wildman–Crippen LogP) is 2.56. The summed E-state index contributed by atoms with van der Waals surface area (Å²) in [7, 11) is 0. The van der Waals surface area contributed by atoms with Crippen molar-refractivity contribution in [3.05, 3.63) is 30.3 Å². The van der Waals surface area contributed by atoms with Gasteiger partial charge in [0.15, 0.2) is 5.92 Å². The van der Waals surface area contributed by atoms with E-state index in [4.69, 9.17) is 9.47 Å². The third kappa shape index (κ3) is 5.37. The fourth-order valence-corrected chi connectivity index (χ4v) is 2.34. The Morgan fingerprint density at radius 2 is 1.46 bits per heavy atom. The van der Waals surface area contributed by atoms with Crippen LogP contribution in [0, 0.1) is 5.92 Å². The zero-order chi connectivity index (χ0) is 18.1. The van der Waals surface area contributed by atoms with Crippen LogP contribution in [0.2, 0.25) is 0 Å². The van der Waals surface area contributed by atoms with Gasteiger partial charge in [-0.25, -0.2) is 0 Å². The van der Waals surface area contributed by atoms with Gasteiger partial charge in [-0.15, -0.1) is 0 Å². The molecule has 0 aliphatic rings. The molecule has 1 aromatic rings. The van der Waals surface area contributed by atoms with Gasteiger partial charge >= 0.3 is 11.9 Å². The second kappa shape index (κ2) is 9.70. The molecule has 0 fully saturated rings. The van der Waals surface area contributed by atoms with Crippen molar-refractivity contribution in [1.29, 1.82) is 0 Å². The topological polar surface area (TPSA) is 72.9 Å². The molecule has 0 saturated heterocycles. The maximum Gasteiger partial charge on any atom is 0.320 e. The monoisotopic (exact) mass is 335 g/mol. The summed E-state index contributed by atoms with van der Waals surface area (Å²) in [6, 6.07) is 9.00. The molecule has 0 unspecified atom stereocenters. The van der Waals surface area contributed by atoms with Gasteiger partial charge in [0.05, 0.1) is 19.6 Å². The quantitative estimate of drug-likeness (QED) is 0.539. The molecule has 0 aliphatic carbocycles. The van der Waals surface area contributed by atoms with Crippen LogP contribution in [-0.4, -0.2) is 37.1 Å². The first-order valence-electron chi connectivity index (χ1n) is 8.12. The third-order valence-corrected chi connectivity index (χ3v) is 3.34. The number of hydrogen-bond acceptors (Lipinski definition) is 5. The number of hydrogen-bond donors (Lipinski definition) is 0. The van der Waals surface area contributed by atoms with Crippen LogP contribution in [0.5, 0.6) is 0 Å². The van der Waals surface area contributed by atoms with Crippen LogP contribution >= 0.6 is 0 Å². The number of ether oxygens (including phenoxy) is 2. The second-order valence-electron chi connectivity index (χ2n) is 5.45. The van der Waals surface area contributed by atoms with Gasteiger partial charge in [-0.05, 0) is 39.8 Å². The average molecular weight is 335 g/mol. The zero-order valence-electron chi connectivity index (χ0n) is 14.7. The molecule has 24 heavy (non-hydrogen) atoms. The van der Waals surface area contributed by atoms with Crippen LogP contribution in [0.1, 0.15) is 34.1 Å². The van der Waals surface area contributed by atoms with Crippen LogP contribution in [0.15, 0.2) is 30.3 Å². The largest absolute Gasteiger partial charge is 0.465 e. The lowest BCUT2D eigenvalue weighted by atomic mass is 10.0. The summed E-state index contributed by atoms with van der Waals surface area (Å²) < 4.78 is 9.82. The van der Waals surface area contributed by atoms with Crippen molar-refractivity contribution in [3.63, 3.8) is 0 Å². The lowest BCUT2D eigenvalue weighted by Crippen LogP contribution is -2.41. The van der Waals surface area contributed by atoms with Crippen LogP contribution in [0.3, 0.4) is 0 Å². The van der Waals surface area contributed by atoms with Crippen molar-refractivity contribution in [2.24, 2.45) is 5.92 Å². The van der Waals surface area contributed by atoms with Crippen molar-refractivity contribution < 1.29 is 23.9 Å². The van der Waals surface area contributed by atoms with E-state index in [1.807, 2.05) is 44.2 Å². The van der Waals surface area contributed by atoms with Gasteiger partial charge in [-0.2, -0.15) is 0 Å². The van der Waals surface area contributed by atoms with Gasteiger partial charge in [0, 0.05) is 11.7 Å². The van der Waals surface area contributed by atoms with Crippen molar-refractivity contribution in [2.75, 3.05) is 18.1 Å². The van der Waals surface area contributed by atoms with Gasteiger partial charge in [-0.3, -0.25) is 14.4 Å². The molecule has 0 N–H and O–H groups in total. The summed E-state index contributed by atoms with van der Waals surface area (Å²) in [5, 5.41) is 0. The Morgan fingerprint density at radius 3 is 1.88 bits per heavy atom. The Hall–Kier alpha value is -2.37. The van der Waals surface area contributed by atoms with E-state index >= 15 is 0 Å². The standard InChI is InChI=1S/C18H25NO5/c1-5-23-17(21)15(18(22)24-6-2)12-16(20)19(13(3)4)14-10-8-7-9-11-14/h7-11,13,15H,5-6,12H2,1-4H3. The zero-order valence-corrected chi connectivity index (χ0v) is 14.7. The fourth-order valence-electron chi connectivity index (χ4n) is 2.34. The molecule has 0 spiro atoms. The highest BCUT2D eigenvalue weighted by molar-refractivity contribution is 6.02. The first-order chi connectivity index (χ1) is 11.4. The Balaban J connectivity index is 2.99. The normalized spacial score (nSPS) is 10.6. The first-order valence-corrected chi connectivity index (χ1v) is 8.12. The smallest absolute Gasteiger partial charge is 0.320 e. The molecular formula is C18H25NO5. The summed E-state index contributed by atoms with van der Waals surface area (Å²) in [6.07, 6.45) is -0.287. The number of benzene rings is 1. The summed E-state index contributed by atoms with van der Waals surface area (Å²) in [5.74, 6) is -3.05. The summed E-state index contributed by atoms with van der Waals surface area (Å²) in [5.41, 5.74) is 0.712. The van der Waals surface area contributed by atoms with Crippen LogP contribution < -0.4 is 4.90 Å². The summed E-state index contributed by atoms with van der Waals surface area (Å²) in [6.45, 7) is 7.30. The molecule has 1 amide bonds. The van der Waals surface area contributed by atoms with E-state index in [2.05, 4.69) is 0 Å². The molecule has 0 bridgehead atoms. The van der Waals surface area contributed by atoms with Gasteiger partial charge in [-0.1, -0.05) is 18.2 Å². The van der Waals surface area contributed by atoms with Gasteiger partial charge in [0.2, 0.25) is 5.91 Å². The van der Waals surface area contributed by atoms with E-state index in [9.17, 15) is 14.4 Å².